The van der Waals surface area contributed by atoms with Gasteiger partial charge in [-0.05, 0) is 36.1 Å². The first-order valence-electron chi connectivity index (χ1n) is 9.10. The summed E-state index contributed by atoms with van der Waals surface area (Å²) in [5.41, 5.74) is 6.56. The normalized spacial score (nSPS) is 12.0. The third-order valence-electron chi connectivity index (χ3n) is 4.54. The third-order valence-corrected chi connectivity index (χ3v) is 6.60. The second-order valence-electron chi connectivity index (χ2n) is 7.35. The first-order chi connectivity index (χ1) is 12.1. The SMILES string of the molecule is CCN(CC)S(=O)(=O)c1ccc(CCC(=O)N(C)CC(C)(C)CN)cc1.Cl. The molecule has 0 radical (unpaired) electrons. The summed E-state index contributed by atoms with van der Waals surface area (Å²) in [5.74, 6) is 0.0614. The number of nitrogens with two attached hydrogens (primary N) is 1. The molecule has 0 saturated carbocycles. The van der Waals surface area contributed by atoms with E-state index in [4.69, 9.17) is 5.73 Å². The van der Waals surface area contributed by atoms with E-state index < -0.39 is 10.0 Å². The van der Waals surface area contributed by atoms with Crippen LogP contribution in [0.5, 0.6) is 0 Å². The van der Waals surface area contributed by atoms with Crippen LogP contribution < -0.4 is 5.73 Å². The first-order valence-corrected chi connectivity index (χ1v) is 10.5. The first kappa shape index (κ1) is 25.9. The van der Waals surface area contributed by atoms with Crippen LogP contribution in [0.3, 0.4) is 0 Å². The lowest BCUT2D eigenvalue weighted by atomic mass is 9.93. The number of hydrogen-bond donors (Lipinski definition) is 1. The molecular weight excluding hydrogens is 386 g/mol. The minimum Gasteiger partial charge on any atom is -0.345 e. The van der Waals surface area contributed by atoms with Crippen LogP contribution in [0.1, 0.15) is 39.7 Å². The van der Waals surface area contributed by atoms with Gasteiger partial charge in [0.15, 0.2) is 0 Å². The Morgan fingerprint density at radius 1 is 1.11 bits per heavy atom. The van der Waals surface area contributed by atoms with Gasteiger partial charge in [0.2, 0.25) is 15.9 Å². The van der Waals surface area contributed by atoms with Crippen molar-refractivity contribution in [2.75, 3.05) is 33.2 Å². The summed E-state index contributed by atoms with van der Waals surface area (Å²) in [6.45, 7) is 9.74. The largest absolute Gasteiger partial charge is 0.345 e. The maximum Gasteiger partial charge on any atom is 0.243 e. The van der Waals surface area contributed by atoms with Crippen LogP contribution in [-0.4, -0.2) is 56.8 Å². The molecule has 6 nitrogen and oxygen atoms in total. The fourth-order valence-corrected chi connectivity index (χ4v) is 4.24. The standard InChI is InChI=1S/C19H33N3O3S.ClH/c1-6-22(7-2)26(24,25)17-11-8-16(9-12-17)10-13-18(23)21(5)15-19(3,4)14-20;/h8-9,11-12H,6-7,10,13-15,20H2,1-5H3;1H. The van der Waals surface area contributed by atoms with Crippen LogP contribution in [0.25, 0.3) is 0 Å². The predicted octanol–water partition coefficient (Wildman–Crippen LogP) is 2.51. The molecule has 0 aliphatic carbocycles. The Kier molecular flexibility index (Phi) is 10.5. The van der Waals surface area contributed by atoms with Gasteiger partial charge in [0.05, 0.1) is 4.90 Å². The van der Waals surface area contributed by atoms with E-state index >= 15 is 0 Å². The maximum absolute atomic E-state index is 12.5. The molecule has 0 bridgehead atoms. The molecule has 0 aliphatic rings. The smallest absolute Gasteiger partial charge is 0.243 e. The monoisotopic (exact) mass is 419 g/mol. The molecule has 0 fully saturated rings. The molecule has 0 atom stereocenters. The van der Waals surface area contributed by atoms with E-state index in [2.05, 4.69) is 0 Å². The van der Waals surface area contributed by atoms with Crippen molar-refractivity contribution in [1.29, 1.82) is 0 Å². The lowest BCUT2D eigenvalue weighted by Gasteiger charge is -2.29. The molecule has 156 valence electrons. The van der Waals surface area contributed by atoms with Crippen LogP contribution in [0.15, 0.2) is 29.2 Å². The zero-order valence-corrected chi connectivity index (χ0v) is 18.7. The zero-order chi connectivity index (χ0) is 20.0. The summed E-state index contributed by atoms with van der Waals surface area (Å²) < 4.78 is 26.4. The van der Waals surface area contributed by atoms with E-state index in [1.165, 1.54) is 4.31 Å². The summed E-state index contributed by atoms with van der Waals surface area (Å²) in [5, 5.41) is 0. The summed E-state index contributed by atoms with van der Waals surface area (Å²) in [6, 6.07) is 6.81. The Bertz CT molecular complexity index is 687. The average molecular weight is 420 g/mol. The molecule has 27 heavy (non-hydrogen) atoms. The number of amides is 1. The topological polar surface area (TPSA) is 83.7 Å². The highest BCUT2D eigenvalue weighted by Crippen LogP contribution is 2.18. The fraction of sp³-hybridized carbons (Fsp3) is 0.632. The van der Waals surface area contributed by atoms with Gasteiger partial charge in [-0.1, -0.05) is 39.8 Å². The average Bonchev–Trinajstić information content (AvgIpc) is 2.60. The highest BCUT2D eigenvalue weighted by atomic mass is 35.5. The lowest BCUT2D eigenvalue weighted by molar-refractivity contribution is -0.131. The molecule has 8 heteroatoms. The van der Waals surface area contributed by atoms with E-state index in [1.54, 1.807) is 36.2 Å². The predicted molar refractivity (Wildman–Crippen MR) is 113 cm³/mol. The summed E-state index contributed by atoms with van der Waals surface area (Å²) >= 11 is 0. The summed E-state index contributed by atoms with van der Waals surface area (Å²) in [7, 11) is -1.65. The molecule has 0 aliphatic heterocycles. The van der Waals surface area contributed by atoms with Crippen molar-refractivity contribution >= 4 is 28.3 Å². The number of rotatable bonds is 10. The van der Waals surface area contributed by atoms with Gasteiger partial charge in [-0.3, -0.25) is 4.79 Å². The molecule has 1 aromatic rings. The summed E-state index contributed by atoms with van der Waals surface area (Å²) in [6.07, 6.45) is 0.969. The Hall–Kier alpha value is -1.15. The minimum atomic E-state index is -3.44. The molecule has 1 aromatic carbocycles. The molecule has 2 N–H and O–H groups in total. The van der Waals surface area contributed by atoms with Crippen LogP contribution in [0, 0.1) is 5.41 Å². The molecule has 1 amide bonds. The van der Waals surface area contributed by atoms with Crippen LogP contribution in [0.4, 0.5) is 0 Å². The Labute approximate surface area is 170 Å². The van der Waals surface area contributed by atoms with Crippen molar-refractivity contribution in [3.8, 4) is 0 Å². The zero-order valence-electron chi connectivity index (χ0n) is 17.1. The van der Waals surface area contributed by atoms with Crippen molar-refractivity contribution in [2.24, 2.45) is 11.1 Å². The van der Waals surface area contributed by atoms with E-state index in [9.17, 15) is 13.2 Å². The number of benzene rings is 1. The van der Waals surface area contributed by atoms with Gasteiger partial charge in [0.1, 0.15) is 0 Å². The van der Waals surface area contributed by atoms with E-state index in [-0.39, 0.29) is 28.6 Å². The van der Waals surface area contributed by atoms with Crippen molar-refractivity contribution in [2.45, 2.75) is 45.4 Å². The van der Waals surface area contributed by atoms with Gasteiger partial charge < -0.3 is 10.6 Å². The Morgan fingerprint density at radius 3 is 2.07 bits per heavy atom. The number of aryl methyl sites for hydroxylation is 1. The quantitative estimate of drug-likeness (QED) is 0.631. The molecule has 0 saturated heterocycles. The van der Waals surface area contributed by atoms with Gasteiger partial charge in [-0.15, -0.1) is 12.4 Å². The van der Waals surface area contributed by atoms with E-state index in [0.717, 1.165) is 5.56 Å². The van der Waals surface area contributed by atoms with E-state index in [0.29, 0.717) is 39.0 Å². The molecular formula is C19H34ClN3O3S. The van der Waals surface area contributed by atoms with Crippen LogP contribution >= 0.6 is 12.4 Å². The Balaban J connectivity index is 0.00000676. The highest BCUT2D eigenvalue weighted by molar-refractivity contribution is 7.89. The second-order valence-corrected chi connectivity index (χ2v) is 9.29. The van der Waals surface area contributed by atoms with Gasteiger partial charge in [-0.25, -0.2) is 8.42 Å². The van der Waals surface area contributed by atoms with Crippen molar-refractivity contribution < 1.29 is 13.2 Å². The number of carbonyl (C=O) groups excluding carboxylic acids is 1. The van der Waals surface area contributed by atoms with Crippen molar-refractivity contribution in [3.63, 3.8) is 0 Å². The van der Waals surface area contributed by atoms with E-state index in [1.807, 2.05) is 27.7 Å². The van der Waals surface area contributed by atoms with Gasteiger partial charge in [-0.2, -0.15) is 4.31 Å². The Morgan fingerprint density at radius 2 is 1.63 bits per heavy atom. The van der Waals surface area contributed by atoms with Gasteiger partial charge in [0, 0.05) is 33.1 Å². The van der Waals surface area contributed by atoms with Crippen molar-refractivity contribution in [1.82, 2.24) is 9.21 Å². The number of halogens is 1. The molecule has 0 unspecified atom stereocenters. The maximum atomic E-state index is 12.5. The van der Waals surface area contributed by atoms with Crippen LogP contribution in [-0.2, 0) is 21.2 Å². The van der Waals surface area contributed by atoms with Gasteiger partial charge >= 0.3 is 0 Å². The molecule has 0 aromatic heterocycles. The lowest BCUT2D eigenvalue weighted by Crippen LogP contribution is -2.39. The highest BCUT2D eigenvalue weighted by Gasteiger charge is 2.22. The second kappa shape index (κ2) is 11.0. The third kappa shape index (κ3) is 7.41. The number of hydrogen-bond acceptors (Lipinski definition) is 4. The fourth-order valence-electron chi connectivity index (χ4n) is 2.78. The summed E-state index contributed by atoms with van der Waals surface area (Å²) in [4.78, 5) is 14.3. The molecule has 0 spiro atoms. The molecule has 1 rings (SSSR count). The number of sulfonamides is 1. The van der Waals surface area contributed by atoms with Gasteiger partial charge in [0.25, 0.3) is 0 Å². The number of nitrogens with zero attached hydrogens (tertiary/aromatic N) is 2. The van der Waals surface area contributed by atoms with Crippen LogP contribution in [0.2, 0.25) is 0 Å². The minimum absolute atomic E-state index is 0. The number of carbonyl (C=O) groups is 1. The molecule has 0 heterocycles. The van der Waals surface area contributed by atoms with Crippen molar-refractivity contribution in [3.05, 3.63) is 29.8 Å².